The molecule has 0 radical (unpaired) electrons. The minimum absolute atomic E-state index is 0.334. The molecule has 0 unspecified atom stereocenters. The number of sulfone groups is 1. The maximum Gasteiger partial charge on any atom is 0.150 e. The largest absolute Gasteiger partial charge is 0.502 e. The van der Waals surface area contributed by atoms with Crippen molar-refractivity contribution < 1.29 is 13.2 Å². The second kappa shape index (κ2) is 3.94. The van der Waals surface area contributed by atoms with Gasteiger partial charge in [-0.3, -0.25) is 0 Å². The smallest absolute Gasteiger partial charge is 0.150 e. The standard InChI is InChI=1S/C8H14O3S/c1-2-4-11-5-3-8-6-12(9,10)7-8/h2,4,8H,3,5-7H2,1H3/b4-2+. The van der Waals surface area contributed by atoms with Gasteiger partial charge in [0.15, 0.2) is 9.84 Å². The van der Waals surface area contributed by atoms with Crippen LogP contribution in [-0.2, 0) is 14.6 Å². The lowest BCUT2D eigenvalue weighted by Gasteiger charge is -2.24. The fourth-order valence-electron chi connectivity index (χ4n) is 1.24. The van der Waals surface area contributed by atoms with E-state index in [1.54, 1.807) is 6.26 Å². The molecule has 3 nitrogen and oxygen atoms in total. The van der Waals surface area contributed by atoms with Crippen LogP contribution in [0.15, 0.2) is 12.3 Å². The van der Waals surface area contributed by atoms with Gasteiger partial charge in [0, 0.05) is 0 Å². The van der Waals surface area contributed by atoms with Crippen LogP contribution < -0.4 is 0 Å². The Kier molecular flexibility index (Phi) is 3.14. The van der Waals surface area contributed by atoms with Crippen LogP contribution in [0.4, 0.5) is 0 Å². The van der Waals surface area contributed by atoms with Crippen LogP contribution in [0.5, 0.6) is 0 Å². The highest BCUT2D eigenvalue weighted by Crippen LogP contribution is 2.21. The predicted molar refractivity (Wildman–Crippen MR) is 47.5 cm³/mol. The van der Waals surface area contributed by atoms with Crippen molar-refractivity contribution in [3.8, 4) is 0 Å². The number of hydrogen-bond acceptors (Lipinski definition) is 3. The predicted octanol–water partition coefficient (Wildman–Crippen LogP) is 0.971. The Bertz CT molecular complexity index is 241. The summed E-state index contributed by atoms with van der Waals surface area (Å²) in [4.78, 5) is 0. The van der Waals surface area contributed by atoms with Crippen molar-refractivity contribution in [3.63, 3.8) is 0 Å². The Morgan fingerprint density at radius 1 is 1.50 bits per heavy atom. The molecule has 1 fully saturated rings. The number of allylic oxidation sites excluding steroid dienone is 1. The van der Waals surface area contributed by atoms with Crippen LogP contribution in [0.25, 0.3) is 0 Å². The Hall–Kier alpha value is -0.510. The molecular formula is C8H14O3S. The summed E-state index contributed by atoms with van der Waals surface area (Å²) in [6.45, 7) is 2.51. The molecule has 4 heteroatoms. The minimum atomic E-state index is -2.65. The molecule has 70 valence electrons. The van der Waals surface area contributed by atoms with Crippen molar-refractivity contribution in [3.05, 3.63) is 12.3 Å². The first-order valence-corrected chi connectivity index (χ1v) is 5.89. The minimum Gasteiger partial charge on any atom is -0.502 e. The highest BCUT2D eigenvalue weighted by molar-refractivity contribution is 7.92. The van der Waals surface area contributed by atoms with E-state index in [2.05, 4.69) is 0 Å². The van der Waals surface area contributed by atoms with Gasteiger partial charge in [-0.1, -0.05) is 6.08 Å². The summed E-state index contributed by atoms with van der Waals surface area (Å²) in [6, 6.07) is 0. The van der Waals surface area contributed by atoms with Gasteiger partial charge >= 0.3 is 0 Å². The molecule has 0 aromatic rings. The number of ether oxygens (including phenoxy) is 1. The van der Waals surface area contributed by atoms with Gasteiger partial charge < -0.3 is 4.74 Å². The topological polar surface area (TPSA) is 43.4 Å². The molecule has 0 spiro atoms. The van der Waals surface area contributed by atoms with Crippen LogP contribution >= 0.6 is 0 Å². The summed E-state index contributed by atoms with van der Waals surface area (Å²) in [6.07, 6.45) is 4.30. The summed E-state index contributed by atoms with van der Waals surface area (Å²) in [5, 5.41) is 0. The molecule has 1 aliphatic heterocycles. The number of hydrogen-bond donors (Lipinski definition) is 0. The van der Waals surface area contributed by atoms with Gasteiger partial charge in [-0.05, 0) is 19.3 Å². The zero-order valence-corrected chi connectivity index (χ0v) is 8.01. The van der Waals surface area contributed by atoms with Crippen molar-refractivity contribution >= 4 is 9.84 Å². The number of rotatable bonds is 4. The van der Waals surface area contributed by atoms with Crippen LogP contribution in [0.3, 0.4) is 0 Å². The average molecular weight is 190 g/mol. The molecule has 1 heterocycles. The third-order valence-corrected chi connectivity index (χ3v) is 3.81. The van der Waals surface area contributed by atoms with Gasteiger partial charge in [-0.2, -0.15) is 0 Å². The third kappa shape index (κ3) is 2.85. The van der Waals surface area contributed by atoms with Crippen molar-refractivity contribution in [2.24, 2.45) is 5.92 Å². The van der Waals surface area contributed by atoms with Gasteiger partial charge in [0.2, 0.25) is 0 Å². The molecule has 0 saturated carbocycles. The van der Waals surface area contributed by atoms with Crippen molar-refractivity contribution in [2.45, 2.75) is 13.3 Å². The third-order valence-electron chi connectivity index (χ3n) is 1.86. The summed E-state index contributed by atoms with van der Waals surface area (Å²) >= 11 is 0. The second-order valence-corrected chi connectivity index (χ2v) is 5.23. The van der Waals surface area contributed by atoms with Crippen LogP contribution in [0, 0.1) is 5.92 Å². The molecule has 12 heavy (non-hydrogen) atoms. The molecule has 1 saturated heterocycles. The molecule has 0 N–H and O–H groups in total. The zero-order valence-electron chi connectivity index (χ0n) is 7.19. The second-order valence-electron chi connectivity index (χ2n) is 3.07. The first-order valence-electron chi connectivity index (χ1n) is 4.07. The Balaban J connectivity index is 2.04. The first-order chi connectivity index (χ1) is 5.64. The molecule has 0 aromatic carbocycles. The van der Waals surface area contributed by atoms with Gasteiger partial charge in [0.1, 0.15) is 0 Å². The quantitative estimate of drug-likeness (QED) is 0.490. The van der Waals surface area contributed by atoms with E-state index in [-0.39, 0.29) is 0 Å². The molecule has 0 amide bonds. The van der Waals surface area contributed by atoms with Gasteiger partial charge in [0.05, 0.1) is 24.4 Å². The van der Waals surface area contributed by atoms with E-state index < -0.39 is 9.84 Å². The van der Waals surface area contributed by atoms with Crippen molar-refractivity contribution in [1.82, 2.24) is 0 Å². The van der Waals surface area contributed by atoms with E-state index in [4.69, 9.17) is 4.74 Å². The Morgan fingerprint density at radius 2 is 2.17 bits per heavy atom. The zero-order chi connectivity index (χ0) is 9.03. The lowest BCUT2D eigenvalue weighted by molar-refractivity contribution is 0.226. The van der Waals surface area contributed by atoms with E-state index in [0.29, 0.717) is 24.0 Å². The van der Waals surface area contributed by atoms with E-state index in [9.17, 15) is 8.42 Å². The van der Waals surface area contributed by atoms with Crippen molar-refractivity contribution in [1.29, 1.82) is 0 Å². The van der Waals surface area contributed by atoms with E-state index in [0.717, 1.165) is 6.42 Å². The lowest BCUT2D eigenvalue weighted by atomic mass is 10.1. The Labute approximate surface area is 73.3 Å². The molecule has 1 aliphatic rings. The van der Waals surface area contributed by atoms with E-state index in [1.807, 2.05) is 13.0 Å². The van der Waals surface area contributed by atoms with Gasteiger partial charge in [-0.25, -0.2) is 8.42 Å². The van der Waals surface area contributed by atoms with Crippen LogP contribution in [-0.4, -0.2) is 26.5 Å². The average Bonchev–Trinajstić information content (AvgIpc) is 1.94. The lowest BCUT2D eigenvalue weighted by Crippen LogP contribution is -2.36. The van der Waals surface area contributed by atoms with Gasteiger partial charge in [0.25, 0.3) is 0 Å². The van der Waals surface area contributed by atoms with Crippen LogP contribution in [0.1, 0.15) is 13.3 Å². The fourth-order valence-corrected chi connectivity index (χ4v) is 2.91. The summed E-state index contributed by atoms with van der Waals surface area (Å²) < 4.78 is 26.5. The normalized spacial score (nSPS) is 22.4. The SMILES string of the molecule is C/C=C/OCCC1CS(=O)(=O)C1. The highest BCUT2D eigenvalue weighted by Gasteiger charge is 2.32. The maximum atomic E-state index is 10.7. The molecule has 0 aliphatic carbocycles. The maximum absolute atomic E-state index is 10.7. The van der Waals surface area contributed by atoms with Gasteiger partial charge in [-0.15, -0.1) is 0 Å². The molecule has 0 atom stereocenters. The summed E-state index contributed by atoms with van der Waals surface area (Å²) in [5.74, 6) is 1.04. The first kappa shape index (κ1) is 9.58. The van der Waals surface area contributed by atoms with E-state index >= 15 is 0 Å². The van der Waals surface area contributed by atoms with Crippen molar-refractivity contribution in [2.75, 3.05) is 18.1 Å². The van der Waals surface area contributed by atoms with E-state index in [1.165, 1.54) is 0 Å². The molecule has 1 rings (SSSR count). The molecule has 0 aromatic heterocycles. The monoisotopic (exact) mass is 190 g/mol. The Morgan fingerprint density at radius 3 is 2.67 bits per heavy atom. The molecule has 0 bridgehead atoms. The molecular weight excluding hydrogens is 176 g/mol. The fraction of sp³-hybridized carbons (Fsp3) is 0.750. The summed E-state index contributed by atoms with van der Waals surface area (Å²) in [7, 11) is -2.65. The highest BCUT2D eigenvalue weighted by atomic mass is 32.2. The summed E-state index contributed by atoms with van der Waals surface area (Å²) in [5.41, 5.74) is 0. The van der Waals surface area contributed by atoms with Crippen LogP contribution in [0.2, 0.25) is 0 Å².